The van der Waals surface area contributed by atoms with Gasteiger partial charge in [-0.25, -0.2) is 4.79 Å². The van der Waals surface area contributed by atoms with Gasteiger partial charge in [0.1, 0.15) is 36.8 Å². The number of nitrogens with zero attached hydrogens (tertiary/aromatic N) is 3. The molecule has 0 bridgehead atoms. The van der Waals surface area contributed by atoms with Crippen molar-refractivity contribution < 1.29 is 24.5 Å². The fraction of sp³-hybridized carbons (Fsp3) is 0.571. The Morgan fingerprint density at radius 1 is 1.58 bits per heavy atom. The van der Waals surface area contributed by atoms with Gasteiger partial charge >= 0.3 is 11.7 Å². The highest BCUT2D eigenvalue weighted by molar-refractivity contribution is 5.74. The van der Waals surface area contributed by atoms with Gasteiger partial charge in [0, 0.05) is 6.20 Å². The number of nitrogens with two attached hydrogens (primary N) is 1. The minimum atomic E-state index is -2.19. The van der Waals surface area contributed by atoms with Crippen LogP contribution in [0.25, 0.3) is 0 Å². The van der Waals surface area contributed by atoms with Crippen LogP contribution in [-0.2, 0) is 20.0 Å². The number of carbonyl (C=O) groups is 1. The summed E-state index contributed by atoms with van der Waals surface area (Å²) in [5, 5.41) is 29.8. The first-order valence-corrected chi connectivity index (χ1v) is 7.36. The van der Waals surface area contributed by atoms with Crippen molar-refractivity contribution in [3.05, 3.63) is 22.7 Å². The Kier molecular flexibility index (Phi) is 4.00. The fourth-order valence-electron chi connectivity index (χ4n) is 2.55. The third-order valence-corrected chi connectivity index (χ3v) is 4.08. The summed E-state index contributed by atoms with van der Waals surface area (Å²) in [6.07, 6.45) is -1.78. The number of aliphatic hydroxyl groups excluding tert-OH is 2. The molecule has 1 aromatic heterocycles. The predicted octanol–water partition coefficient (Wildman–Crippen LogP) is -1.92. The molecule has 0 spiro atoms. The molecule has 2 fully saturated rings. The SMILES string of the molecule is N#C[C@@]1(n2ccc(N)nc2=O)O[C@H](COC(=O)C2CC2)C(O)[C@@H]1O. The first kappa shape index (κ1) is 16.4. The van der Waals surface area contributed by atoms with E-state index in [9.17, 15) is 25.1 Å². The molecule has 1 unspecified atom stereocenters. The van der Waals surface area contributed by atoms with E-state index in [0.717, 1.165) is 23.6 Å². The Morgan fingerprint density at radius 2 is 2.29 bits per heavy atom. The summed E-state index contributed by atoms with van der Waals surface area (Å²) in [6, 6.07) is 2.95. The lowest BCUT2D eigenvalue weighted by atomic mass is 10.0. The minimum Gasteiger partial charge on any atom is -0.463 e. The van der Waals surface area contributed by atoms with Crippen LogP contribution in [0.3, 0.4) is 0 Å². The second-order valence-corrected chi connectivity index (χ2v) is 5.81. The zero-order valence-electron chi connectivity index (χ0n) is 12.5. The Balaban J connectivity index is 1.84. The Morgan fingerprint density at radius 3 is 2.88 bits per heavy atom. The van der Waals surface area contributed by atoms with E-state index >= 15 is 0 Å². The predicted molar refractivity (Wildman–Crippen MR) is 77.1 cm³/mol. The number of ether oxygens (including phenoxy) is 2. The molecule has 0 radical (unpaired) electrons. The largest absolute Gasteiger partial charge is 0.463 e. The van der Waals surface area contributed by atoms with Crippen molar-refractivity contribution in [1.82, 2.24) is 9.55 Å². The molecule has 1 aliphatic carbocycles. The number of nitriles is 1. The molecule has 1 aromatic rings. The summed E-state index contributed by atoms with van der Waals surface area (Å²) in [5.74, 6) is -0.619. The van der Waals surface area contributed by atoms with Gasteiger partial charge in [-0.1, -0.05) is 0 Å². The summed E-state index contributed by atoms with van der Waals surface area (Å²) in [6.45, 7) is -0.339. The van der Waals surface area contributed by atoms with Crippen LogP contribution in [0, 0.1) is 17.2 Å². The molecule has 3 rings (SSSR count). The number of rotatable bonds is 4. The average Bonchev–Trinajstić information content (AvgIpc) is 3.36. The standard InChI is InChI=1S/C14H16N4O6/c15-6-14(18-4-3-9(16)17-13(18)22)11(20)10(19)8(24-14)5-23-12(21)7-1-2-7/h3-4,7-8,10-11,19-20H,1-2,5H2,(H2,16,17,22)/t8-,10?,11+,14-/m1/s1. The lowest BCUT2D eigenvalue weighted by Crippen LogP contribution is -2.49. The summed E-state index contributed by atoms with van der Waals surface area (Å²) < 4.78 is 11.2. The molecule has 4 atom stereocenters. The summed E-state index contributed by atoms with van der Waals surface area (Å²) in [5.41, 5.74) is 2.29. The van der Waals surface area contributed by atoms with Crippen molar-refractivity contribution in [1.29, 1.82) is 5.26 Å². The highest BCUT2D eigenvalue weighted by Gasteiger charge is 2.57. The topological polar surface area (TPSA) is 161 Å². The van der Waals surface area contributed by atoms with E-state index < -0.39 is 35.7 Å². The van der Waals surface area contributed by atoms with Gasteiger partial charge in [-0.05, 0) is 18.9 Å². The van der Waals surface area contributed by atoms with Gasteiger partial charge in [-0.15, -0.1) is 0 Å². The van der Waals surface area contributed by atoms with Crippen LogP contribution < -0.4 is 11.4 Å². The van der Waals surface area contributed by atoms with Crippen molar-refractivity contribution in [2.75, 3.05) is 12.3 Å². The van der Waals surface area contributed by atoms with Crippen molar-refractivity contribution in [3.8, 4) is 6.07 Å². The maximum Gasteiger partial charge on any atom is 0.352 e. The summed E-state index contributed by atoms with van der Waals surface area (Å²) >= 11 is 0. The molecular formula is C14H16N4O6. The van der Waals surface area contributed by atoms with Crippen LogP contribution in [0.2, 0.25) is 0 Å². The van der Waals surface area contributed by atoms with Crippen LogP contribution in [0.15, 0.2) is 17.1 Å². The Hall–Kier alpha value is -2.48. The minimum absolute atomic E-state index is 0.0627. The number of aliphatic hydroxyl groups is 2. The molecule has 4 N–H and O–H groups in total. The van der Waals surface area contributed by atoms with E-state index in [0.29, 0.717) is 0 Å². The van der Waals surface area contributed by atoms with Crippen molar-refractivity contribution in [2.24, 2.45) is 5.92 Å². The van der Waals surface area contributed by atoms with Crippen LogP contribution in [0.1, 0.15) is 12.8 Å². The molecular weight excluding hydrogens is 320 g/mol. The van der Waals surface area contributed by atoms with Crippen LogP contribution in [0.5, 0.6) is 0 Å². The first-order chi connectivity index (χ1) is 11.4. The van der Waals surface area contributed by atoms with Crippen LogP contribution in [0.4, 0.5) is 5.82 Å². The molecule has 2 aliphatic rings. The Bertz CT molecular complexity index is 754. The third kappa shape index (κ3) is 2.62. The van der Waals surface area contributed by atoms with Crippen molar-refractivity contribution in [2.45, 2.75) is 36.9 Å². The fourth-order valence-corrected chi connectivity index (χ4v) is 2.55. The first-order valence-electron chi connectivity index (χ1n) is 7.36. The third-order valence-electron chi connectivity index (χ3n) is 4.08. The van der Waals surface area contributed by atoms with E-state index in [1.807, 2.05) is 0 Å². The van der Waals surface area contributed by atoms with Gasteiger partial charge in [0.2, 0.25) is 0 Å². The molecule has 24 heavy (non-hydrogen) atoms. The number of hydrogen-bond acceptors (Lipinski definition) is 9. The number of hydrogen-bond donors (Lipinski definition) is 3. The van der Waals surface area contributed by atoms with Gasteiger partial charge in [0.05, 0.1) is 5.92 Å². The summed E-state index contributed by atoms with van der Waals surface area (Å²) in [7, 11) is 0. The zero-order valence-corrected chi connectivity index (χ0v) is 12.5. The maximum atomic E-state index is 12.0. The van der Waals surface area contributed by atoms with E-state index in [1.54, 1.807) is 6.07 Å². The molecule has 0 amide bonds. The molecule has 10 heteroatoms. The average molecular weight is 336 g/mol. The monoisotopic (exact) mass is 336 g/mol. The van der Waals surface area contributed by atoms with Gasteiger partial charge in [-0.2, -0.15) is 10.2 Å². The number of aromatic nitrogens is 2. The number of carbonyl (C=O) groups excluding carboxylic acids is 1. The molecule has 10 nitrogen and oxygen atoms in total. The molecule has 1 saturated heterocycles. The molecule has 2 heterocycles. The van der Waals surface area contributed by atoms with E-state index in [2.05, 4.69) is 4.98 Å². The van der Waals surface area contributed by atoms with Gasteiger partial charge in [0.25, 0.3) is 5.72 Å². The zero-order chi connectivity index (χ0) is 17.5. The van der Waals surface area contributed by atoms with Crippen molar-refractivity contribution in [3.63, 3.8) is 0 Å². The quantitative estimate of drug-likeness (QED) is 0.532. The number of esters is 1. The van der Waals surface area contributed by atoms with E-state index in [4.69, 9.17) is 15.2 Å². The smallest absolute Gasteiger partial charge is 0.352 e. The maximum absolute atomic E-state index is 12.0. The lowest BCUT2D eigenvalue weighted by molar-refractivity contribution is -0.155. The summed E-state index contributed by atoms with van der Waals surface area (Å²) in [4.78, 5) is 27.0. The van der Waals surface area contributed by atoms with Crippen LogP contribution in [-0.4, -0.2) is 50.7 Å². The Labute approximate surface area is 136 Å². The molecule has 128 valence electrons. The highest BCUT2D eigenvalue weighted by atomic mass is 16.6. The highest BCUT2D eigenvalue weighted by Crippen LogP contribution is 2.35. The lowest BCUT2D eigenvalue weighted by Gasteiger charge is -2.26. The second-order valence-electron chi connectivity index (χ2n) is 5.81. The molecule has 1 aliphatic heterocycles. The second kappa shape index (κ2) is 5.86. The number of nitrogen functional groups attached to an aromatic ring is 1. The number of anilines is 1. The molecule has 1 saturated carbocycles. The normalized spacial score (nSPS) is 32.3. The molecule has 0 aromatic carbocycles. The van der Waals surface area contributed by atoms with Gasteiger partial charge < -0.3 is 25.4 Å². The van der Waals surface area contributed by atoms with E-state index in [-0.39, 0.29) is 18.3 Å². The van der Waals surface area contributed by atoms with Gasteiger partial charge in [0.15, 0.2) is 0 Å². The van der Waals surface area contributed by atoms with Crippen LogP contribution >= 0.6 is 0 Å². The van der Waals surface area contributed by atoms with Crippen molar-refractivity contribution >= 4 is 11.8 Å². The van der Waals surface area contributed by atoms with E-state index in [1.165, 1.54) is 6.07 Å². The van der Waals surface area contributed by atoms with Gasteiger partial charge in [-0.3, -0.25) is 9.36 Å².